The summed E-state index contributed by atoms with van der Waals surface area (Å²) in [6, 6.07) is 2.30. The molecule has 8 nitrogen and oxygen atoms in total. The van der Waals surface area contributed by atoms with Gasteiger partial charge < -0.3 is 25.2 Å². The Morgan fingerprint density at radius 3 is 2.50 bits per heavy atom. The third kappa shape index (κ3) is 5.18. The Balaban J connectivity index is 1.88. The highest BCUT2D eigenvalue weighted by Gasteiger charge is 2.35. The number of carbonyl (C=O) groups excluding carboxylic acids is 1. The lowest BCUT2D eigenvalue weighted by Crippen LogP contribution is -2.47. The molecule has 0 spiro atoms. The minimum Gasteiger partial charge on any atom is -0.495 e. The number of aromatic nitrogens is 2. The number of hydrogen-bond acceptors (Lipinski definition) is 7. The van der Waals surface area contributed by atoms with Crippen LogP contribution in [0.2, 0.25) is 0 Å². The molecule has 1 aliphatic rings. The Bertz CT molecular complexity index is 977. The number of amides is 1. The van der Waals surface area contributed by atoms with Gasteiger partial charge >= 0.3 is 6.18 Å². The molecule has 0 atom stereocenters. The van der Waals surface area contributed by atoms with Crippen LogP contribution in [0.5, 0.6) is 5.75 Å². The second kappa shape index (κ2) is 9.55. The molecule has 2 heterocycles. The molecule has 1 aliphatic heterocycles. The number of benzene rings is 1. The van der Waals surface area contributed by atoms with E-state index in [1.807, 2.05) is 7.05 Å². The molecule has 174 valence electrons. The number of carbonyl (C=O) groups is 1. The molecule has 1 saturated heterocycles. The molecule has 3 rings (SSSR count). The highest BCUT2D eigenvalue weighted by atomic mass is 19.4. The van der Waals surface area contributed by atoms with Gasteiger partial charge in [-0.1, -0.05) is 0 Å². The Morgan fingerprint density at radius 1 is 1.22 bits per heavy atom. The molecule has 0 aliphatic carbocycles. The fraction of sp³-hybridized carbons (Fsp3) is 0.450. The zero-order chi connectivity index (χ0) is 23.5. The van der Waals surface area contributed by atoms with Gasteiger partial charge in [-0.05, 0) is 20.0 Å². The summed E-state index contributed by atoms with van der Waals surface area (Å²) in [6.45, 7) is 4.16. The molecule has 12 heteroatoms. The standard InChI is InChI=1S/C20H24F4N6O2/c1-4-25-17-13(20(22,23)24)11-26-19(28-17)27-15-10-14(21)12(9-16(15)32-3)18(31)30-7-5-29(2)6-8-30/h9-11H,4-8H2,1-3H3,(H2,25,26,27,28). The predicted octanol–water partition coefficient (Wildman–Crippen LogP) is 3.21. The van der Waals surface area contributed by atoms with Crippen LogP contribution in [-0.4, -0.2) is 72.6 Å². The second-order valence-corrected chi connectivity index (χ2v) is 7.24. The fourth-order valence-corrected chi connectivity index (χ4v) is 3.24. The predicted molar refractivity (Wildman–Crippen MR) is 111 cm³/mol. The molecule has 0 radical (unpaired) electrons. The molecular weight excluding hydrogens is 432 g/mol. The number of alkyl halides is 3. The third-order valence-electron chi connectivity index (χ3n) is 4.99. The molecular formula is C20H24F4N6O2. The topological polar surface area (TPSA) is 82.6 Å². The molecule has 1 aromatic carbocycles. The van der Waals surface area contributed by atoms with E-state index in [0.29, 0.717) is 32.4 Å². The monoisotopic (exact) mass is 456 g/mol. The van der Waals surface area contributed by atoms with E-state index in [1.165, 1.54) is 13.2 Å². The third-order valence-corrected chi connectivity index (χ3v) is 4.99. The summed E-state index contributed by atoms with van der Waals surface area (Å²) < 4.78 is 59.5. The van der Waals surface area contributed by atoms with Crippen molar-refractivity contribution in [3.63, 3.8) is 0 Å². The van der Waals surface area contributed by atoms with Gasteiger partial charge in [0.25, 0.3) is 5.91 Å². The Labute approximate surface area is 182 Å². The van der Waals surface area contributed by atoms with Crippen molar-refractivity contribution in [3.05, 3.63) is 35.3 Å². The van der Waals surface area contributed by atoms with Crippen molar-refractivity contribution in [2.75, 3.05) is 57.5 Å². The first-order chi connectivity index (χ1) is 15.1. The quantitative estimate of drug-likeness (QED) is 0.646. The minimum absolute atomic E-state index is 0.0714. The maximum absolute atomic E-state index is 14.8. The van der Waals surface area contributed by atoms with Gasteiger partial charge in [0.1, 0.15) is 22.9 Å². The Kier molecular flexibility index (Phi) is 7.02. The average Bonchev–Trinajstić information content (AvgIpc) is 2.73. The van der Waals surface area contributed by atoms with Crippen LogP contribution in [0.4, 0.5) is 35.0 Å². The van der Waals surface area contributed by atoms with Gasteiger partial charge in [0.2, 0.25) is 5.95 Å². The SMILES string of the molecule is CCNc1nc(Nc2cc(F)c(C(=O)N3CCN(C)CC3)cc2OC)ncc1C(F)(F)F. The van der Waals surface area contributed by atoms with E-state index in [2.05, 4.69) is 25.5 Å². The van der Waals surface area contributed by atoms with E-state index in [4.69, 9.17) is 4.74 Å². The molecule has 0 saturated carbocycles. The smallest absolute Gasteiger partial charge is 0.421 e. The number of anilines is 3. The van der Waals surface area contributed by atoms with Crippen molar-refractivity contribution < 1.29 is 27.1 Å². The van der Waals surface area contributed by atoms with Crippen molar-refractivity contribution in [1.29, 1.82) is 0 Å². The van der Waals surface area contributed by atoms with Crippen molar-refractivity contribution >= 4 is 23.4 Å². The van der Waals surface area contributed by atoms with Crippen LogP contribution >= 0.6 is 0 Å². The van der Waals surface area contributed by atoms with Gasteiger partial charge in [0.15, 0.2) is 0 Å². The van der Waals surface area contributed by atoms with E-state index in [1.54, 1.807) is 11.8 Å². The van der Waals surface area contributed by atoms with Crippen LogP contribution in [0.3, 0.4) is 0 Å². The minimum atomic E-state index is -4.63. The van der Waals surface area contributed by atoms with Crippen molar-refractivity contribution in [1.82, 2.24) is 19.8 Å². The van der Waals surface area contributed by atoms with E-state index in [-0.39, 0.29) is 29.5 Å². The molecule has 0 bridgehead atoms. The molecule has 1 amide bonds. The number of hydrogen-bond donors (Lipinski definition) is 2. The summed E-state index contributed by atoms with van der Waals surface area (Å²) in [6.07, 6.45) is -3.99. The zero-order valence-electron chi connectivity index (χ0n) is 17.9. The lowest BCUT2D eigenvalue weighted by molar-refractivity contribution is -0.137. The average molecular weight is 456 g/mol. The number of ether oxygens (including phenoxy) is 1. The Morgan fingerprint density at radius 2 is 1.91 bits per heavy atom. The van der Waals surface area contributed by atoms with Gasteiger partial charge in [0.05, 0.1) is 18.4 Å². The first kappa shape index (κ1) is 23.5. The van der Waals surface area contributed by atoms with Crippen LogP contribution < -0.4 is 15.4 Å². The van der Waals surface area contributed by atoms with Crippen LogP contribution in [-0.2, 0) is 6.18 Å². The normalized spacial score (nSPS) is 14.9. The summed E-state index contributed by atoms with van der Waals surface area (Å²) in [7, 11) is 3.27. The lowest BCUT2D eigenvalue weighted by Gasteiger charge is -2.32. The Hall–Kier alpha value is -3.15. The van der Waals surface area contributed by atoms with Gasteiger partial charge in [-0.25, -0.2) is 9.37 Å². The van der Waals surface area contributed by atoms with E-state index < -0.39 is 29.3 Å². The van der Waals surface area contributed by atoms with Gasteiger partial charge in [-0.2, -0.15) is 18.2 Å². The van der Waals surface area contributed by atoms with Crippen molar-refractivity contribution in [2.24, 2.45) is 0 Å². The lowest BCUT2D eigenvalue weighted by atomic mass is 10.1. The second-order valence-electron chi connectivity index (χ2n) is 7.24. The summed E-state index contributed by atoms with van der Waals surface area (Å²) in [4.78, 5) is 23.9. The molecule has 2 aromatic rings. The molecule has 0 unspecified atom stereocenters. The van der Waals surface area contributed by atoms with Crippen LogP contribution in [0.15, 0.2) is 18.3 Å². The van der Waals surface area contributed by atoms with Crippen LogP contribution in [0, 0.1) is 5.82 Å². The molecule has 1 fully saturated rings. The highest BCUT2D eigenvalue weighted by Crippen LogP contribution is 2.35. The number of methoxy groups -OCH3 is 1. The molecule has 32 heavy (non-hydrogen) atoms. The van der Waals surface area contributed by atoms with Crippen LogP contribution in [0.25, 0.3) is 0 Å². The number of rotatable bonds is 6. The number of likely N-dealkylation sites (N-methyl/N-ethyl adjacent to an activating group) is 1. The summed E-state index contributed by atoms with van der Waals surface area (Å²) in [5.41, 5.74) is -1.10. The largest absolute Gasteiger partial charge is 0.495 e. The van der Waals surface area contributed by atoms with E-state index in [9.17, 15) is 22.4 Å². The maximum Gasteiger partial charge on any atom is 0.421 e. The van der Waals surface area contributed by atoms with Crippen molar-refractivity contribution in [3.8, 4) is 5.75 Å². The van der Waals surface area contributed by atoms with Crippen LogP contribution in [0.1, 0.15) is 22.8 Å². The number of nitrogens with zero attached hydrogens (tertiary/aromatic N) is 4. The van der Waals surface area contributed by atoms with E-state index >= 15 is 0 Å². The highest BCUT2D eigenvalue weighted by molar-refractivity contribution is 5.96. The van der Waals surface area contributed by atoms with E-state index in [0.717, 1.165) is 6.07 Å². The fourth-order valence-electron chi connectivity index (χ4n) is 3.24. The molecule has 2 N–H and O–H groups in total. The van der Waals surface area contributed by atoms with Crippen molar-refractivity contribution in [2.45, 2.75) is 13.1 Å². The summed E-state index contributed by atoms with van der Waals surface area (Å²) >= 11 is 0. The van der Waals surface area contributed by atoms with Gasteiger partial charge in [-0.15, -0.1) is 0 Å². The first-order valence-electron chi connectivity index (χ1n) is 9.94. The van der Waals surface area contributed by atoms with Gasteiger partial charge in [0, 0.05) is 45.0 Å². The number of halogens is 4. The van der Waals surface area contributed by atoms with Gasteiger partial charge in [-0.3, -0.25) is 4.79 Å². The summed E-state index contributed by atoms with van der Waals surface area (Å²) in [5, 5.41) is 5.21. The number of piperazine rings is 1. The zero-order valence-corrected chi connectivity index (χ0v) is 17.9. The molecule has 1 aromatic heterocycles. The first-order valence-corrected chi connectivity index (χ1v) is 9.94. The summed E-state index contributed by atoms with van der Waals surface area (Å²) in [5.74, 6) is -1.72. The number of nitrogens with one attached hydrogen (secondary N) is 2. The maximum atomic E-state index is 14.8.